The molecule has 0 bridgehead atoms. The molecule has 0 aliphatic rings. The molecule has 84 valence electrons. The Morgan fingerprint density at radius 3 is 2.40 bits per heavy atom. The highest BCUT2D eigenvalue weighted by atomic mass is 16.5. The summed E-state index contributed by atoms with van der Waals surface area (Å²) in [6, 6.07) is 8.27. The lowest BCUT2D eigenvalue weighted by molar-refractivity contribution is -0.875. The smallest absolute Gasteiger partial charge is 0.126 e. The van der Waals surface area contributed by atoms with Crippen molar-refractivity contribution in [1.29, 1.82) is 0 Å². The number of hydrogen-bond donors (Lipinski definition) is 2. The van der Waals surface area contributed by atoms with E-state index in [1.54, 1.807) is 7.11 Å². The quantitative estimate of drug-likeness (QED) is 0.574. The van der Waals surface area contributed by atoms with Gasteiger partial charge < -0.3 is 15.0 Å². The first-order valence-corrected chi connectivity index (χ1v) is 5.46. The molecule has 0 amide bonds. The van der Waals surface area contributed by atoms with Gasteiger partial charge in [0.05, 0.1) is 21.2 Å². The van der Waals surface area contributed by atoms with Crippen molar-refractivity contribution in [2.75, 3.05) is 34.3 Å². The van der Waals surface area contributed by atoms with Crippen molar-refractivity contribution in [1.82, 2.24) is 0 Å². The van der Waals surface area contributed by atoms with E-state index in [2.05, 4.69) is 31.5 Å². The summed E-state index contributed by atoms with van der Waals surface area (Å²) in [5, 5.41) is 2.34. The van der Waals surface area contributed by atoms with Gasteiger partial charge in [-0.2, -0.15) is 0 Å². The Kier molecular flexibility index (Phi) is 5.15. The molecule has 3 N–H and O–H groups in total. The fraction of sp³-hybridized carbons (Fsp3) is 0.500. The first-order chi connectivity index (χ1) is 7.22. The number of hydrogen-bond acceptors (Lipinski definition) is 1. The van der Waals surface area contributed by atoms with Gasteiger partial charge >= 0.3 is 0 Å². The van der Waals surface area contributed by atoms with Gasteiger partial charge in [-0.05, 0) is 24.3 Å². The molecule has 15 heavy (non-hydrogen) atoms. The van der Waals surface area contributed by atoms with Crippen LogP contribution in [0.25, 0.3) is 0 Å². The molecular formula is C12H22N2O+2. The van der Waals surface area contributed by atoms with Crippen molar-refractivity contribution in [2.45, 2.75) is 6.54 Å². The molecule has 0 aromatic heterocycles. The van der Waals surface area contributed by atoms with Crippen LogP contribution in [0, 0.1) is 0 Å². The van der Waals surface area contributed by atoms with Crippen LogP contribution < -0.4 is 15.0 Å². The Bertz CT molecular complexity index is 269. The van der Waals surface area contributed by atoms with E-state index in [0.717, 1.165) is 12.3 Å². The third kappa shape index (κ3) is 4.81. The number of quaternary nitrogens is 2. The number of methoxy groups -OCH3 is 1. The van der Waals surface area contributed by atoms with Crippen molar-refractivity contribution in [3.05, 3.63) is 29.8 Å². The number of benzene rings is 1. The van der Waals surface area contributed by atoms with Crippen LogP contribution in [0.5, 0.6) is 5.75 Å². The summed E-state index contributed by atoms with van der Waals surface area (Å²) in [4.78, 5) is 1.50. The van der Waals surface area contributed by atoms with Gasteiger partial charge in [0.25, 0.3) is 0 Å². The van der Waals surface area contributed by atoms with Gasteiger partial charge in [-0.3, -0.25) is 0 Å². The minimum absolute atomic E-state index is 0.927. The molecule has 1 aromatic carbocycles. The molecule has 0 atom stereocenters. The van der Waals surface area contributed by atoms with Gasteiger partial charge in [0.1, 0.15) is 25.4 Å². The lowest BCUT2D eigenvalue weighted by Gasteiger charge is -2.06. The highest BCUT2D eigenvalue weighted by molar-refractivity contribution is 5.26. The molecule has 0 fully saturated rings. The second-order valence-electron chi connectivity index (χ2n) is 4.09. The Balaban J connectivity index is 2.25. The van der Waals surface area contributed by atoms with Crippen LogP contribution in [0.15, 0.2) is 24.3 Å². The van der Waals surface area contributed by atoms with Crippen molar-refractivity contribution in [3.63, 3.8) is 0 Å². The van der Waals surface area contributed by atoms with E-state index in [4.69, 9.17) is 4.74 Å². The topological polar surface area (TPSA) is 30.3 Å². The number of likely N-dealkylation sites (N-methyl/N-ethyl adjacent to an activating group) is 1. The average Bonchev–Trinajstić information content (AvgIpc) is 2.25. The van der Waals surface area contributed by atoms with Gasteiger partial charge in [-0.1, -0.05) is 0 Å². The molecule has 0 radical (unpaired) electrons. The highest BCUT2D eigenvalue weighted by Crippen LogP contribution is 2.09. The number of nitrogens with two attached hydrogens (primary N) is 1. The normalized spacial score (nSPS) is 10.7. The van der Waals surface area contributed by atoms with Crippen LogP contribution in [0.1, 0.15) is 5.56 Å². The van der Waals surface area contributed by atoms with Gasteiger partial charge in [-0.15, -0.1) is 0 Å². The van der Waals surface area contributed by atoms with Crippen LogP contribution in [0.2, 0.25) is 0 Å². The summed E-state index contributed by atoms with van der Waals surface area (Å²) in [5.41, 5.74) is 1.35. The molecule has 0 aliphatic heterocycles. The zero-order valence-corrected chi connectivity index (χ0v) is 9.92. The SMILES string of the molecule is COc1ccc(C[NH2+]CC[NH+](C)C)cc1. The Labute approximate surface area is 92.0 Å². The molecule has 3 nitrogen and oxygen atoms in total. The molecule has 0 saturated carbocycles. The van der Waals surface area contributed by atoms with E-state index in [1.165, 1.54) is 23.6 Å². The maximum absolute atomic E-state index is 5.11. The summed E-state index contributed by atoms with van der Waals surface area (Å²) in [7, 11) is 6.06. The maximum Gasteiger partial charge on any atom is 0.126 e. The number of nitrogens with one attached hydrogen (secondary N) is 1. The average molecular weight is 210 g/mol. The van der Waals surface area contributed by atoms with Crippen LogP contribution in [-0.4, -0.2) is 34.3 Å². The molecule has 1 rings (SSSR count). The standard InChI is InChI=1S/C12H20N2O/c1-14(2)9-8-13-10-11-4-6-12(15-3)7-5-11/h4-7,13H,8-10H2,1-3H3/p+2. The Morgan fingerprint density at radius 1 is 1.20 bits per heavy atom. The zero-order valence-electron chi connectivity index (χ0n) is 9.92. The molecule has 0 spiro atoms. The molecular weight excluding hydrogens is 188 g/mol. The van der Waals surface area contributed by atoms with Crippen molar-refractivity contribution >= 4 is 0 Å². The molecule has 0 aliphatic carbocycles. The van der Waals surface area contributed by atoms with Gasteiger partial charge in [0.2, 0.25) is 0 Å². The van der Waals surface area contributed by atoms with Crippen LogP contribution in [-0.2, 0) is 6.54 Å². The first kappa shape index (κ1) is 12.0. The summed E-state index contributed by atoms with van der Waals surface area (Å²) in [5.74, 6) is 0.927. The van der Waals surface area contributed by atoms with Gasteiger partial charge in [0.15, 0.2) is 0 Å². The lowest BCUT2D eigenvalue weighted by atomic mass is 10.2. The largest absolute Gasteiger partial charge is 0.497 e. The zero-order chi connectivity index (χ0) is 11.1. The van der Waals surface area contributed by atoms with Crippen LogP contribution >= 0.6 is 0 Å². The summed E-state index contributed by atoms with van der Waals surface area (Å²) in [6.07, 6.45) is 0. The first-order valence-electron chi connectivity index (χ1n) is 5.46. The second kappa shape index (κ2) is 6.43. The Morgan fingerprint density at radius 2 is 1.87 bits per heavy atom. The van der Waals surface area contributed by atoms with Crippen LogP contribution in [0.4, 0.5) is 0 Å². The number of ether oxygens (including phenoxy) is 1. The Hall–Kier alpha value is -1.06. The van der Waals surface area contributed by atoms with E-state index >= 15 is 0 Å². The summed E-state index contributed by atoms with van der Waals surface area (Å²) < 4.78 is 5.11. The second-order valence-corrected chi connectivity index (χ2v) is 4.09. The monoisotopic (exact) mass is 210 g/mol. The van der Waals surface area contributed by atoms with E-state index < -0.39 is 0 Å². The minimum Gasteiger partial charge on any atom is -0.497 e. The molecule has 3 heteroatoms. The van der Waals surface area contributed by atoms with Crippen molar-refractivity contribution < 1.29 is 15.0 Å². The van der Waals surface area contributed by atoms with Gasteiger partial charge in [-0.25, -0.2) is 0 Å². The minimum atomic E-state index is 0.927. The summed E-state index contributed by atoms with van der Waals surface area (Å²) >= 11 is 0. The number of rotatable bonds is 6. The molecule has 0 heterocycles. The van der Waals surface area contributed by atoms with Crippen LogP contribution in [0.3, 0.4) is 0 Å². The fourth-order valence-electron chi connectivity index (χ4n) is 1.42. The highest BCUT2D eigenvalue weighted by Gasteiger charge is 1.98. The predicted molar refractivity (Wildman–Crippen MR) is 61.2 cm³/mol. The van der Waals surface area contributed by atoms with Crippen molar-refractivity contribution in [2.24, 2.45) is 0 Å². The lowest BCUT2D eigenvalue weighted by Crippen LogP contribution is -3.09. The predicted octanol–water partition coefficient (Wildman–Crippen LogP) is -1.10. The fourth-order valence-corrected chi connectivity index (χ4v) is 1.42. The third-order valence-corrected chi connectivity index (χ3v) is 2.39. The van der Waals surface area contributed by atoms with E-state index in [1.807, 2.05) is 12.1 Å². The van der Waals surface area contributed by atoms with E-state index in [9.17, 15) is 0 Å². The molecule has 0 saturated heterocycles. The van der Waals surface area contributed by atoms with E-state index in [-0.39, 0.29) is 0 Å². The maximum atomic E-state index is 5.11. The van der Waals surface area contributed by atoms with Crippen molar-refractivity contribution in [3.8, 4) is 5.75 Å². The third-order valence-electron chi connectivity index (χ3n) is 2.39. The molecule has 0 unspecified atom stereocenters. The van der Waals surface area contributed by atoms with Gasteiger partial charge in [0, 0.05) is 5.56 Å². The van der Waals surface area contributed by atoms with E-state index in [0.29, 0.717) is 0 Å². The molecule has 1 aromatic rings. The summed E-state index contributed by atoms with van der Waals surface area (Å²) in [6.45, 7) is 3.43.